The number of rotatable bonds is 2. The topological polar surface area (TPSA) is 0 Å². The van der Waals surface area contributed by atoms with Gasteiger partial charge >= 0.3 is 35.0 Å². The van der Waals surface area contributed by atoms with Gasteiger partial charge in [0.2, 0.25) is 0 Å². The van der Waals surface area contributed by atoms with Gasteiger partial charge in [-0.25, -0.2) is 0 Å². The Kier molecular flexibility index (Phi) is 21.3. The van der Waals surface area contributed by atoms with E-state index in [0.29, 0.717) is 10.3 Å². The molecule has 0 nitrogen and oxygen atoms in total. The van der Waals surface area contributed by atoms with Crippen molar-refractivity contribution in [2.45, 2.75) is 127 Å². The third-order valence-electron chi connectivity index (χ3n) is 5.07. The van der Waals surface area contributed by atoms with Crippen LogP contribution >= 0.6 is 37.0 Å². The molecular weight excluding hydrogens is 657 g/mol. The van der Waals surface area contributed by atoms with Gasteiger partial charge in [0.1, 0.15) is 0 Å². The molecule has 2 aliphatic rings. The molecule has 179 valence electrons. The van der Waals surface area contributed by atoms with Crippen LogP contribution in [0.2, 0.25) is 0 Å². The summed E-state index contributed by atoms with van der Waals surface area (Å²) in [7, 11) is 7.98. The summed E-state index contributed by atoms with van der Waals surface area (Å²) in [6.07, 6.45) is 14.0. The van der Waals surface area contributed by atoms with Crippen LogP contribution in [0.4, 0.5) is 0 Å². The van der Waals surface area contributed by atoms with Gasteiger partial charge in [-0.3, -0.25) is 0 Å². The minimum absolute atomic E-state index is 0. The average molecular weight is 699 g/mol. The van der Waals surface area contributed by atoms with Gasteiger partial charge < -0.3 is 0 Å². The van der Waals surface area contributed by atoms with E-state index in [1.165, 1.54) is 64.2 Å². The molecule has 2 unspecified atom stereocenters. The van der Waals surface area contributed by atoms with Crippen molar-refractivity contribution >= 4 is 37.0 Å². The quantitative estimate of drug-likeness (QED) is 0.200. The fraction of sp³-hybridized carbons (Fsp3) is 1.00. The molecule has 0 N–H and O–H groups in total. The summed E-state index contributed by atoms with van der Waals surface area (Å²) in [4.78, 5) is 0. The zero-order valence-corrected chi connectivity index (χ0v) is 26.4. The first-order valence-corrected chi connectivity index (χ1v) is 19.1. The molecule has 2 fully saturated rings. The Hall–Kier alpha value is 3.34. The second-order valence-corrected chi connectivity index (χ2v) is 19.9. The number of hydrogen-bond acceptors (Lipinski definition) is 0. The SMILES string of the molecule is CC(C)(C)P(Cl)C1CCCCC1.CC(C)(C)P(Cl)C1CCCCC1.[ClH+][Pd-][ClH+].[Pd]. The van der Waals surface area contributed by atoms with Gasteiger partial charge in [0.25, 0.3) is 0 Å². The van der Waals surface area contributed by atoms with E-state index in [1.807, 2.05) is 0 Å². The van der Waals surface area contributed by atoms with Crippen molar-refractivity contribution in [3.63, 3.8) is 0 Å². The first-order chi connectivity index (χ1) is 12.4. The van der Waals surface area contributed by atoms with Gasteiger partial charge in [0.15, 0.2) is 0 Å². The molecule has 28 heavy (non-hydrogen) atoms. The van der Waals surface area contributed by atoms with Crippen LogP contribution in [0.25, 0.3) is 0 Å². The summed E-state index contributed by atoms with van der Waals surface area (Å²) in [5.41, 5.74) is 1.69. The summed E-state index contributed by atoms with van der Waals surface area (Å²) in [5, 5.41) is 0.692. The van der Waals surface area contributed by atoms with E-state index in [9.17, 15) is 0 Å². The van der Waals surface area contributed by atoms with Crippen LogP contribution in [-0.4, -0.2) is 21.6 Å². The monoisotopic (exact) mass is 696 g/mol. The summed E-state index contributed by atoms with van der Waals surface area (Å²) in [6.45, 7) is 13.7. The van der Waals surface area contributed by atoms with Gasteiger partial charge in [0.05, 0.1) is 0 Å². The van der Waals surface area contributed by atoms with E-state index in [4.69, 9.17) is 22.5 Å². The predicted octanol–water partition coefficient (Wildman–Crippen LogP) is 8.97. The fourth-order valence-corrected chi connectivity index (χ4v) is 8.71. The van der Waals surface area contributed by atoms with Crippen LogP contribution in [-0.2, 0) is 36.4 Å². The summed E-state index contributed by atoms with van der Waals surface area (Å²) >= 11 is 13.1. The minimum Gasteiger partial charge on any atom is 0 e. The van der Waals surface area contributed by atoms with Gasteiger partial charge in [-0.2, -0.15) is 0 Å². The van der Waals surface area contributed by atoms with Crippen molar-refractivity contribution in [3.8, 4) is 0 Å². The third-order valence-corrected chi connectivity index (χ3v) is 14.6. The standard InChI is InChI=1S/2C10H20ClP.2ClH.2Pd/c2*1-10(2,3)12(11)9-7-5-4-6-8-9;;;;/h2*9H,4-8H2,1-3H3;2*1H;;/q;;;;;+1. The predicted molar refractivity (Wildman–Crippen MR) is 122 cm³/mol. The molecular formula is C20H42Cl4P2Pd2+. The van der Waals surface area contributed by atoms with E-state index in [0.717, 1.165) is 11.3 Å². The van der Waals surface area contributed by atoms with E-state index < -0.39 is 0 Å². The molecule has 0 bridgehead atoms. The summed E-state index contributed by atoms with van der Waals surface area (Å²) in [5.74, 6) is 0. The normalized spacial score (nSPS) is 21.4. The van der Waals surface area contributed by atoms with Crippen LogP contribution < -0.4 is 0 Å². The van der Waals surface area contributed by atoms with Crippen LogP contribution in [0.1, 0.15) is 106 Å². The molecule has 0 aromatic heterocycles. The van der Waals surface area contributed by atoms with Crippen LogP contribution in [0, 0.1) is 19.1 Å². The largest absolute Gasteiger partial charge is 0 e. The van der Waals surface area contributed by atoms with Crippen molar-refractivity contribution in [2.24, 2.45) is 0 Å². The molecule has 2 aliphatic carbocycles. The van der Waals surface area contributed by atoms with Crippen molar-refractivity contribution in [1.82, 2.24) is 0 Å². The first kappa shape index (κ1) is 33.5. The van der Waals surface area contributed by atoms with E-state index >= 15 is 0 Å². The molecule has 0 radical (unpaired) electrons. The smallest absolute Gasteiger partial charge is 0 e. The van der Waals surface area contributed by atoms with Crippen LogP contribution in [0.3, 0.4) is 0 Å². The molecule has 0 spiro atoms. The fourth-order valence-electron chi connectivity index (χ4n) is 3.71. The Bertz CT molecular complexity index is 330. The Balaban J connectivity index is 0. The Morgan fingerprint density at radius 3 is 1.04 bits per heavy atom. The van der Waals surface area contributed by atoms with Crippen molar-refractivity contribution in [1.29, 1.82) is 0 Å². The van der Waals surface area contributed by atoms with Gasteiger partial charge in [-0.15, -0.1) is 0 Å². The Labute approximate surface area is 217 Å². The zero-order chi connectivity index (χ0) is 21.1. The van der Waals surface area contributed by atoms with Gasteiger partial charge in [0, 0.05) is 20.4 Å². The zero-order valence-electron chi connectivity index (χ0n) is 18.3. The molecule has 2 rings (SSSR count). The van der Waals surface area contributed by atoms with Crippen LogP contribution in [0.15, 0.2) is 0 Å². The van der Waals surface area contributed by atoms with Gasteiger partial charge in [-0.05, 0) is 61.9 Å². The first-order valence-electron chi connectivity index (χ1n) is 10.2. The molecule has 8 heteroatoms. The number of hydrogen-bond donors (Lipinski definition) is 0. The number of halogens is 4. The molecule has 0 heterocycles. The van der Waals surface area contributed by atoms with Crippen molar-refractivity contribution in [2.75, 3.05) is 0 Å². The maximum atomic E-state index is 6.50. The Morgan fingerprint density at radius 1 is 0.643 bits per heavy atom. The van der Waals surface area contributed by atoms with Crippen molar-refractivity contribution < 1.29 is 55.4 Å². The Morgan fingerprint density at radius 2 is 0.857 bits per heavy atom. The molecule has 0 amide bonds. The maximum Gasteiger partial charge on any atom is 0 e. The third kappa shape index (κ3) is 15.2. The van der Waals surface area contributed by atoms with E-state index in [-0.39, 0.29) is 50.9 Å². The second-order valence-electron chi connectivity index (χ2n) is 9.60. The molecule has 0 saturated heterocycles. The molecule has 2 saturated carbocycles. The second kappa shape index (κ2) is 17.8. The van der Waals surface area contributed by atoms with E-state index in [2.05, 4.69) is 60.6 Å². The van der Waals surface area contributed by atoms with Crippen molar-refractivity contribution in [3.05, 3.63) is 0 Å². The average Bonchev–Trinajstić information content (AvgIpc) is 2.61. The summed E-state index contributed by atoms with van der Waals surface area (Å²) in [6, 6.07) is 0. The summed E-state index contributed by atoms with van der Waals surface area (Å²) < 4.78 is 0. The molecule has 2 atom stereocenters. The van der Waals surface area contributed by atoms with Crippen LogP contribution in [0.5, 0.6) is 0 Å². The van der Waals surface area contributed by atoms with E-state index in [1.54, 1.807) is 0 Å². The van der Waals surface area contributed by atoms with Gasteiger partial charge in [-0.1, -0.05) is 103 Å². The minimum atomic E-state index is -0.268. The maximum absolute atomic E-state index is 6.50. The molecule has 0 aliphatic heterocycles. The molecule has 0 aromatic rings. The molecule has 0 aromatic carbocycles.